The number of non-ortho nitro benzene ring substituents is 1. The van der Waals surface area contributed by atoms with Crippen LogP contribution in [-0.2, 0) is 6.61 Å². The van der Waals surface area contributed by atoms with Crippen LogP contribution in [-0.4, -0.2) is 17.8 Å². The highest BCUT2D eigenvalue weighted by Crippen LogP contribution is 2.30. The number of hydrogen-bond donors (Lipinski definition) is 0. The van der Waals surface area contributed by atoms with Gasteiger partial charge in [0.2, 0.25) is 0 Å². The van der Waals surface area contributed by atoms with Gasteiger partial charge in [0.1, 0.15) is 18.1 Å². The lowest BCUT2D eigenvalue weighted by Gasteiger charge is -2.12. The van der Waals surface area contributed by atoms with Crippen LogP contribution < -0.4 is 9.47 Å². The number of allylic oxidation sites excluding steroid dienone is 1. The van der Waals surface area contributed by atoms with Crippen LogP contribution in [0.25, 0.3) is 6.08 Å². The molecule has 3 aromatic carbocycles. The molecule has 0 atom stereocenters. The van der Waals surface area contributed by atoms with Crippen LogP contribution in [0.3, 0.4) is 0 Å². The van der Waals surface area contributed by atoms with Gasteiger partial charge in [0.15, 0.2) is 5.78 Å². The van der Waals surface area contributed by atoms with E-state index in [0.29, 0.717) is 17.1 Å². The summed E-state index contributed by atoms with van der Waals surface area (Å²) in [6, 6.07) is 16.9. The second kappa shape index (κ2) is 9.91. The molecule has 0 radical (unpaired) electrons. The molecule has 6 nitrogen and oxygen atoms in total. The largest absolute Gasteiger partial charge is 0.496 e. The molecule has 0 amide bonds. The van der Waals surface area contributed by atoms with E-state index in [-0.39, 0.29) is 23.1 Å². The normalized spacial score (nSPS) is 10.8. The molecule has 0 heterocycles. The van der Waals surface area contributed by atoms with E-state index in [2.05, 4.69) is 0 Å². The molecule has 158 valence electrons. The van der Waals surface area contributed by atoms with Gasteiger partial charge in [0, 0.05) is 23.3 Å². The minimum Gasteiger partial charge on any atom is -0.496 e. The second-order valence-corrected chi connectivity index (χ2v) is 7.20. The minimum absolute atomic E-state index is 0.0914. The number of rotatable bonds is 8. The van der Waals surface area contributed by atoms with Crippen LogP contribution in [0.2, 0.25) is 5.02 Å². The van der Waals surface area contributed by atoms with Gasteiger partial charge < -0.3 is 9.47 Å². The number of methoxy groups -OCH3 is 1. The molecule has 0 aliphatic rings. The van der Waals surface area contributed by atoms with Crippen molar-refractivity contribution >= 4 is 29.1 Å². The zero-order chi connectivity index (χ0) is 22.4. The molecule has 0 bridgehead atoms. The third-order valence-electron chi connectivity index (χ3n) is 4.58. The molecule has 0 aliphatic heterocycles. The van der Waals surface area contributed by atoms with Gasteiger partial charge in [0.25, 0.3) is 5.69 Å². The average molecular weight is 438 g/mol. The maximum Gasteiger partial charge on any atom is 0.271 e. The Morgan fingerprint density at radius 2 is 1.77 bits per heavy atom. The first-order chi connectivity index (χ1) is 14.9. The number of carbonyl (C=O) groups is 1. The number of ketones is 1. The summed E-state index contributed by atoms with van der Waals surface area (Å²) in [6.45, 7) is 2.10. The Balaban J connectivity index is 1.75. The van der Waals surface area contributed by atoms with Gasteiger partial charge in [-0.05, 0) is 36.8 Å². The van der Waals surface area contributed by atoms with E-state index in [9.17, 15) is 14.9 Å². The zero-order valence-corrected chi connectivity index (χ0v) is 17.8. The number of hydrogen-bond acceptors (Lipinski definition) is 5. The SMILES string of the molecule is COc1ccc(/C=C/C(=O)c2ccc(C)cc2)cc1COc1ccc([N+](=O)[O-])cc1Cl. The van der Waals surface area contributed by atoms with Crippen molar-refractivity contribution in [2.45, 2.75) is 13.5 Å². The fourth-order valence-electron chi connectivity index (χ4n) is 2.88. The van der Waals surface area contributed by atoms with E-state index in [0.717, 1.165) is 16.7 Å². The minimum atomic E-state index is -0.521. The lowest BCUT2D eigenvalue weighted by Crippen LogP contribution is -2.00. The molecule has 3 rings (SSSR count). The fraction of sp³-hybridized carbons (Fsp3) is 0.125. The van der Waals surface area contributed by atoms with Crippen LogP contribution in [0.5, 0.6) is 11.5 Å². The zero-order valence-electron chi connectivity index (χ0n) is 17.0. The maximum atomic E-state index is 12.4. The summed E-state index contributed by atoms with van der Waals surface area (Å²) in [5, 5.41) is 11.0. The van der Waals surface area contributed by atoms with Crippen LogP contribution in [0.1, 0.15) is 27.0 Å². The summed E-state index contributed by atoms with van der Waals surface area (Å²) < 4.78 is 11.1. The molecule has 0 aromatic heterocycles. The highest BCUT2D eigenvalue weighted by Gasteiger charge is 2.12. The van der Waals surface area contributed by atoms with E-state index in [1.807, 2.05) is 31.2 Å². The van der Waals surface area contributed by atoms with Gasteiger partial charge in [-0.25, -0.2) is 0 Å². The Morgan fingerprint density at radius 3 is 2.42 bits per heavy atom. The van der Waals surface area contributed by atoms with Gasteiger partial charge >= 0.3 is 0 Å². The first-order valence-corrected chi connectivity index (χ1v) is 9.78. The highest BCUT2D eigenvalue weighted by molar-refractivity contribution is 6.32. The number of nitro groups is 1. The lowest BCUT2D eigenvalue weighted by atomic mass is 10.1. The van der Waals surface area contributed by atoms with Gasteiger partial charge in [-0.3, -0.25) is 14.9 Å². The monoisotopic (exact) mass is 437 g/mol. The van der Waals surface area contributed by atoms with Crippen LogP contribution in [0, 0.1) is 17.0 Å². The average Bonchev–Trinajstić information content (AvgIpc) is 2.77. The molecule has 0 saturated carbocycles. The number of aryl methyl sites for hydroxylation is 1. The fourth-order valence-corrected chi connectivity index (χ4v) is 3.11. The third kappa shape index (κ3) is 5.71. The van der Waals surface area contributed by atoms with Crippen molar-refractivity contribution in [2.24, 2.45) is 0 Å². The Kier molecular flexibility index (Phi) is 7.05. The van der Waals surface area contributed by atoms with Crippen LogP contribution in [0.4, 0.5) is 5.69 Å². The summed E-state index contributed by atoms with van der Waals surface area (Å²) >= 11 is 6.09. The smallest absolute Gasteiger partial charge is 0.271 e. The number of carbonyl (C=O) groups excluding carboxylic acids is 1. The van der Waals surface area contributed by atoms with Crippen LogP contribution in [0.15, 0.2) is 66.7 Å². The van der Waals surface area contributed by atoms with E-state index in [1.165, 1.54) is 24.3 Å². The quantitative estimate of drug-likeness (QED) is 0.186. The standard InChI is InChI=1S/C24H20ClNO5/c1-16-3-7-18(8-4-16)22(27)10-5-17-6-11-23(30-2)19(13-17)15-31-24-12-9-20(26(28)29)14-21(24)25/h3-14H,15H2,1-2H3/b10-5+. The Bertz CT molecular complexity index is 1140. The Labute approximate surface area is 184 Å². The topological polar surface area (TPSA) is 78.7 Å². The van der Waals surface area contributed by atoms with Crippen molar-refractivity contribution in [3.63, 3.8) is 0 Å². The molecule has 7 heteroatoms. The molecule has 0 aliphatic carbocycles. The predicted octanol–water partition coefficient (Wildman–Crippen LogP) is 6.04. The van der Waals surface area contributed by atoms with Gasteiger partial charge in [-0.1, -0.05) is 53.6 Å². The number of nitro benzene ring substituents is 1. The summed E-state index contributed by atoms with van der Waals surface area (Å²) in [6.07, 6.45) is 3.24. The molecule has 0 fully saturated rings. The molecular formula is C24H20ClNO5. The van der Waals surface area contributed by atoms with Crippen molar-refractivity contribution in [1.29, 1.82) is 0 Å². The second-order valence-electron chi connectivity index (χ2n) is 6.80. The number of benzene rings is 3. The van der Waals surface area contributed by atoms with Crippen molar-refractivity contribution < 1.29 is 19.2 Å². The van der Waals surface area contributed by atoms with Crippen molar-refractivity contribution in [3.05, 3.63) is 104 Å². The van der Waals surface area contributed by atoms with Crippen molar-refractivity contribution in [1.82, 2.24) is 0 Å². The summed E-state index contributed by atoms with van der Waals surface area (Å²) in [4.78, 5) is 22.7. The molecule has 0 saturated heterocycles. The molecule has 3 aromatic rings. The Morgan fingerprint density at radius 1 is 1.06 bits per heavy atom. The predicted molar refractivity (Wildman–Crippen MR) is 120 cm³/mol. The van der Waals surface area contributed by atoms with Crippen LogP contribution >= 0.6 is 11.6 Å². The van der Waals surface area contributed by atoms with E-state index in [4.69, 9.17) is 21.1 Å². The van der Waals surface area contributed by atoms with E-state index < -0.39 is 4.92 Å². The molecule has 0 spiro atoms. The number of halogens is 1. The highest BCUT2D eigenvalue weighted by atomic mass is 35.5. The molecule has 0 unspecified atom stereocenters. The summed E-state index contributed by atoms with van der Waals surface area (Å²) in [7, 11) is 1.55. The number of ether oxygens (including phenoxy) is 2. The summed E-state index contributed by atoms with van der Waals surface area (Å²) in [5.74, 6) is 0.844. The van der Waals surface area contributed by atoms with Gasteiger partial charge in [-0.15, -0.1) is 0 Å². The van der Waals surface area contributed by atoms with Crippen molar-refractivity contribution in [2.75, 3.05) is 7.11 Å². The molecule has 31 heavy (non-hydrogen) atoms. The lowest BCUT2D eigenvalue weighted by molar-refractivity contribution is -0.384. The third-order valence-corrected chi connectivity index (χ3v) is 4.87. The summed E-state index contributed by atoms with van der Waals surface area (Å²) in [5.41, 5.74) is 3.14. The first kappa shape index (κ1) is 22.1. The number of nitrogens with zero attached hydrogens (tertiary/aromatic N) is 1. The first-order valence-electron chi connectivity index (χ1n) is 9.40. The Hall–Kier alpha value is -3.64. The van der Waals surface area contributed by atoms with E-state index >= 15 is 0 Å². The molecular weight excluding hydrogens is 418 g/mol. The molecule has 0 N–H and O–H groups in total. The van der Waals surface area contributed by atoms with Gasteiger partial charge in [-0.2, -0.15) is 0 Å². The van der Waals surface area contributed by atoms with Crippen molar-refractivity contribution in [3.8, 4) is 11.5 Å². The maximum absolute atomic E-state index is 12.4. The van der Waals surface area contributed by atoms with E-state index in [1.54, 1.807) is 31.4 Å². The van der Waals surface area contributed by atoms with Gasteiger partial charge in [0.05, 0.1) is 17.1 Å².